The Balaban J connectivity index is 1.63. The highest BCUT2D eigenvalue weighted by Gasteiger charge is 2.17. The third-order valence-electron chi connectivity index (χ3n) is 4.88. The summed E-state index contributed by atoms with van der Waals surface area (Å²) in [7, 11) is 0. The van der Waals surface area contributed by atoms with Crippen LogP contribution in [0.1, 0.15) is 35.7 Å². The molecule has 0 aromatic carbocycles. The van der Waals surface area contributed by atoms with Crippen molar-refractivity contribution in [1.82, 2.24) is 39.5 Å². The molecule has 0 saturated heterocycles. The van der Waals surface area contributed by atoms with Crippen molar-refractivity contribution < 1.29 is 4.79 Å². The summed E-state index contributed by atoms with van der Waals surface area (Å²) in [4.78, 5) is 17.1. The highest BCUT2D eigenvalue weighted by atomic mass is 79.9. The predicted octanol–water partition coefficient (Wildman–Crippen LogP) is 2.83. The summed E-state index contributed by atoms with van der Waals surface area (Å²) in [5.74, 6) is -0.266. The van der Waals surface area contributed by atoms with Crippen LogP contribution in [0.2, 0.25) is 0 Å². The summed E-state index contributed by atoms with van der Waals surface area (Å²) >= 11 is 3.47. The topological polar surface area (TPSA) is 94.9 Å². The average molecular weight is 457 g/mol. The Labute approximate surface area is 175 Å². The molecule has 0 unspecified atom stereocenters. The molecule has 0 radical (unpaired) electrons. The maximum Gasteiger partial charge on any atom is 0.272 e. The minimum absolute atomic E-state index is 0.266. The molecule has 0 aliphatic rings. The van der Waals surface area contributed by atoms with E-state index in [2.05, 4.69) is 41.5 Å². The number of hydrogen-bond acceptors (Lipinski definition) is 5. The Kier molecular flexibility index (Phi) is 5.18. The SMILES string of the molecule is CCn1ncc(-c2ccnc3cc(C(=O)NCc4c(Br)cnn4CC)nn23)c1C. The zero-order valence-corrected chi connectivity index (χ0v) is 18.0. The molecule has 0 spiro atoms. The van der Waals surface area contributed by atoms with Crippen LogP contribution in [0.3, 0.4) is 0 Å². The van der Waals surface area contributed by atoms with E-state index in [0.29, 0.717) is 17.9 Å². The first-order valence-electron chi connectivity index (χ1n) is 9.39. The lowest BCUT2D eigenvalue weighted by Crippen LogP contribution is -2.25. The Morgan fingerprint density at radius 2 is 1.93 bits per heavy atom. The van der Waals surface area contributed by atoms with Crippen LogP contribution in [0.4, 0.5) is 0 Å². The summed E-state index contributed by atoms with van der Waals surface area (Å²) in [5, 5.41) is 16.1. The first-order chi connectivity index (χ1) is 14.0. The van der Waals surface area contributed by atoms with Gasteiger partial charge in [0, 0.05) is 36.6 Å². The van der Waals surface area contributed by atoms with Gasteiger partial charge in [0.25, 0.3) is 5.91 Å². The van der Waals surface area contributed by atoms with Crippen LogP contribution in [0.15, 0.2) is 35.2 Å². The molecule has 1 N–H and O–H groups in total. The predicted molar refractivity (Wildman–Crippen MR) is 111 cm³/mol. The molecule has 9 nitrogen and oxygen atoms in total. The number of aryl methyl sites for hydroxylation is 2. The number of nitrogens with zero attached hydrogens (tertiary/aromatic N) is 7. The van der Waals surface area contributed by atoms with E-state index in [4.69, 9.17) is 0 Å². The summed E-state index contributed by atoms with van der Waals surface area (Å²) in [6, 6.07) is 3.56. The van der Waals surface area contributed by atoms with Crippen LogP contribution in [0.5, 0.6) is 0 Å². The first kappa shape index (κ1) is 19.3. The number of amides is 1. The minimum Gasteiger partial charge on any atom is -0.345 e. The maximum absolute atomic E-state index is 12.7. The number of nitrogens with one attached hydrogen (secondary N) is 1. The highest BCUT2D eigenvalue weighted by molar-refractivity contribution is 9.10. The number of fused-ring (bicyclic) bond motifs is 1. The smallest absolute Gasteiger partial charge is 0.272 e. The fourth-order valence-corrected chi connectivity index (χ4v) is 3.75. The number of halogens is 1. The molecule has 29 heavy (non-hydrogen) atoms. The van der Waals surface area contributed by atoms with Crippen molar-refractivity contribution in [2.24, 2.45) is 0 Å². The molecule has 0 saturated carbocycles. The normalized spacial score (nSPS) is 11.3. The molecule has 0 aliphatic heterocycles. The Bertz CT molecular complexity index is 1190. The van der Waals surface area contributed by atoms with Crippen LogP contribution < -0.4 is 5.32 Å². The van der Waals surface area contributed by atoms with E-state index < -0.39 is 0 Å². The average Bonchev–Trinajstić information content (AvgIpc) is 3.42. The summed E-state index contributed by atoms with van der Waals surface area (Å²) < 4.78 is 6.31. The Morgan fingerprint density at radius 3 is 2.66 bits per heavy atom. The standard InChI is InChI=1S/C19H21BrN8O/c1-4-26-12(3)13(9-23-26)16-6-7-21-18-8-15(25-28(16)18)19(29)22-11-17-14(20)10-24-27(17)5-2/h6-10H,4-5,11H2,1-3H3,(H,22,29). The van der Waals surface area contributed by atoms with Gasteiger partial charge in [-0.3, -0.25) is 14.2 Å². The van der Waals surface area contributed by atoms with Gasteiger partial charge in [0.05, 0.1) is 34.8 Å². The van der Waals surface area contributed by atoms with Crippen molar-refractivity contribution in [2.75, 3.05) is 0 Å². The van der Waals surface area contributed by atoms with Crippen LogP contribution >= 0.6 is 15.9 Å². The van der Waals surface area contributed by atoms with Crippen LogP contribution in [0, 0.1) is 6.92 Å². The van der Waals surface area contributed by atoms with Crippen molar-refractivity contribution in [3.63, 3.8) is 0 Å². The summed E-state index contributed by atoms with van der Waals surface area (Å²) in [5.41, 5.74) is 4.67. The summed E-state index contributed by atoms with van der Waals surface area (Å²) in [6.07, 6.45) is 5.26. The van der Waals surface area contributed by atoms with E-state index in [1.165, 1.54) is 0 Å². The van der Waals surface area contributed by atoms with Gasteiger partial charge in [0.1, 0.15) is 0 Å². The molecule has 0 atom stereocenters. The lowest BCUT2D eigenvalue weighted by molar-refractivity contribution is 0.0944. The number of carbonyl (C=O) groups is 1. The molecular formula is C19H21BrN8O. The molecule has 4 heterocycles. The molecule has 10 heteroatoms. The van der Waals surface area contributed by atoms with Gasteiger partial charge in [0.15, 0.2) is 11.3 Å². The largest absolute Gasteiger partial charge is 0.345 e. The molecular weight excluding hydrogens is 436 g/mol. The first-order valence-corrected chi connectivity index (χ1v) is 10.2. The van der Waals surface area contributed by atoms with Gasteiger partial charge in [-0.2, -0.15) is 15.3 Å². The van der Waals surface area contributed by atoms with Gasteiger partial charge in [-0.1, -0.05) is 0 Å². The van der Waals surface area contributed by atoms with Gasteiger partial charge in [-0.15, -0.1) is 0 Å². The number of aromatic nitrogens is 7. The number of rotatable bonds is 6. The molecule has 4 rings (SSSR count). The van der Waals surface area contributed by atoms with Gasteiger partial charge < -0.3 is 5.32 Å². The van der Waals surface area contributed by atoms with E-state index in [-0.39, 0.29) is 5.91 Å². The zero-order valence-electron chi connectivity index (χ0n) is 16.4. The van der Waals surface area contributed by atoms with Gasteiger partial charge in [-0.25, -0.2) is 9.50 Å². The minimum atomic E-state index is -0.266. The third-order valence-corrected chi connectivity index (χ3v) is 5.55. The van der Waals surface area contributed by atoms with Gasteiger partial charge in [-0.05, 0) is 42.8 Å². The number of carbonyl (C=O) groups excluding carboxylic acids is 1. The lowest BCUT2D eigenvalue weighted by atomic mass is 10.2. The maximum atomic E-state index is 12.7. The quantitative estimate of drug-likeness (QED) is 0.481. The fraction of sp³-hybridized carbons (Fsp3) is 0.316. The van der Waals surface area contributed by atoms with Crippen molar-refractivity contribution in [1.29, 1.82) is 0 Å². The molecule has 4 aromatic rings. The van der Waals surface area contributed by atoms with Crippen molar-refractivity contribution in [3.05, 3.63) is 52.3 Å². The van der Waals surface area contributed by atoms with Crippen molar-refractivity contribution >= 4 is 27.5 Å². The second kappa shape index (κ2) is 7.78. The molecule has 0 fully saturated rings. The van der Waals surface area contributed by atoms with E-state index in [1.807, 2.05) is 42.4 Å². The Hall–Kier alpha value is -3.01. The van der Waals surface area contributed by atoms with E-state index in [9.17, 15) is 4.79 Å². The number of hydrogen-bond donors (Lipinski definition) is 1. The monoisotopic (exact) mass is 456 g/mol. The van der Waals surface area contributed by atoms with Crippen LogP contribution in [-0.2, 0) is 19.6 Å². The molecule has 4 aromatic heterocycles. The van der Waals surface area contributed by atoms with Crippen molar-refractivity contribution in [2.45, 2.75) is 40.4 Å². The van der Waals surface area contributed by atoms with Gasteiger partial charge >= 0.3 is 0 Å². The lowest BCUT2D eigenvalue weighted by Gasteiger charge is -2.07. The van der Waals surface area contributed by atoms with E-state index in [0.717, 1.165) is 40.2 Å². The van der Waals surface area contributed by atoms with Crippen LogP contribution in [0.25, 0.3) is 16.9 Å². The zero-order chi connectivity index (χ0) is 20.5. The second-order valence-electron chi connectivity index (χ2n) is 6.53. The molecule has 1 amide bonds. The van der Waals surface area contributed by atoms with Crippen LogP contribution in [-0.4, -0.2) is 40.1 Å². The van der Waals surface area contributed by atoms with Gasteiger partial charge in [0.2, 0.25) is 0 Å². The van der Waals surface area contributed by atoms with E-state index >= 15 is 0 Å². The molecule has 0 bridgehead atoms. The second-order valence-corrected chi connectivity index (χ2v) is 7.38. The third kappa shape index (κ3) is 3.44. The highest BCUT2D eigenvalue weighted by Crippen LogP contribution is 2.23. The van der Waals surface area contributed by atoms with Crippen molar-refractivity contribution in [3.8, 4) is 11.3 Å². The molecule has 0 aliphatic carbocycles. The van der Waals surface area contributed by atoms with E-state index in [1.54, 1.807) is 23.0 Å². The fourth-order valence-electron chi connectivity index (χ4n) is 3.32. The summed E-state index contributed by atoms with van der Waals surface area (Å²) in [6.45, 7) is 7.93. The molecule has 150 valence electrons. The Morgan fingerprint density at radius 1 is 1.17 bits per heavy atom.